The molecule has 21 heavy (non-hydrogen) atoms. The van der Waals surface area contributed by atoms with Gasteiger partial charge in [-0.1, -0.05) is 0 Å². The van der Waals surface area contributed by atoms with Crippen LogP contribution in [0.3, 0.4) is 0 Å². The number of hydrogen-bond donors (Lipinski definition) is 2. The summed E-state index contributed by atoms with van der Waals surface area (Å²) in [5.74, 6) is 2.11. The third-order valence-corrected chi connectivity index (χ3v) is 3.41. The first-order valence-corrected chi connectivity index (χ1v) is 7.82. The minimum atomic E-state index is 0.657. The molecular weight excluding hydrogens is 266 g/mol. The van der Waals surface area contributed by atoms with Crippen LogP contribution < -0.4 is 15.5 Å². The third-order valence-electron chi connectivity index (χ3n) is 3.41. The van der Waals surface area contributed by atoms with Gasteiger partial charge in [0.2, 0.25) is 17.8 Å². The topological polar surface area (TPSA) is 69.2 Å². The van der Waals surface area contributed by atoms with Crippen molar-refractivity contribution in [1.29, 1.82) is 0 Å². The van der Waals surface area contributed by atoms with Crippen LogP contribution in [0.2, 0.25) is 0 Å². The van der Waals surface area contributed by atoms with Crippen molar-refractivity contribution in [2.24, 2.45) is 0 Å². The Labute approximate surface area is 127 Å². The van der Waals surface area contributed by atoms with Crippen molar-refractivity contribution in [2.75, 3.05) is 62.4 Å². The number of hydrogen-bond acceptors (Lipinski definition) is 7. The first-order chi connectivity index (χ1) is 10.2. The first kappa shape index (κ1) is 15.8. The van der Waals surface area contributed by atoms with Crippen molar-refractivity contribution in [3.8, 4) is 0 Å². The molecule has 2 heterocycles. The Morgan fingerprint density at radius 2 is 1.71 bits per heavy atom. The lowest BCUT2D eigenvalue weighted by molar-refractivity contribution is 0.405. The van der Waals surface area contributed by atoms with Gasteiger partial charge in [-0.2, -0.15) is 15.0 Å². The second kappa shape index (κ2) is 7.97. The summed E-state index contributed by atoms with van der Waals surface area (Å²) >= 11 is 0. The molecule has 1 aliphatic heterocycles. The summed E-state index contributed by atoms with van der Waals surface area (Å²) in [6.07, 6.45) is 3.50. The average Bonchev–Trinajstić information content (AvgIpc) is 2.98. The summed E-state index contributed by atoms with van der Waals surface area (Å²) in [5.41, 5.74) is 0. The maximum atomic E-state index is 4.55. The van der Waals surface area contributed by atoms with E-state index in [9.17, 15) is 0 Å². The van der Waals surface area contributed by atoms with Crippen LogP contribution >= 0.6 is 0 Å². The third kappa shape index (κ3) is 5.00. The average molecular weight is 293 g/mol. The molecule has 0 spiro atoms. The van der Waals surface area contributed by atoms with Gasteiger partial charge in [0.1, 0.15) is 0 Å². The van der Waals surface area contributed by atoms with Crippen LogP contribution in [0.5, 0.6) is 0 Å². The predicted molar refractivity (Wildman–Crippen MR) is 87.1 cm³/mol. The molecule has 1 aromatic rings. The van der Waals surface area contributed by atoms with Gasteiger partial charge in [-0.25, -0.2) is 0 Å². The van der Waals surface area contributed by atoms with E-state index < -0.39 is 0 Å². The van der Waals surface area contributed by atoms with Gasteiger partial charge in [0.05, 0.1) is 0 Å². The van der Waals surface area contributed by atoms with E-state index in [1.807, 2.05) is 6.92 Å². The van der Waals surface area contributed by atoms with Crippen molar-refractivity contribution >= 4 is 17.8 Å². The highest BCUT2D eigenvalue weighted by atomic mass is 15.3. The molecule has 7 nitrogen and oxygen atoms in total. The smallest absolute Gasteiger partial charge is 0.231 e. The Bertz CT molecular complexity index is 429. The lowest BCUT2D eigenvalue weighted by atomic mass is 10.4. The number of nitrogens with one attached hydrogen (secondary N) is 2. The Morgan fingerprint density at radius 3 is 2.33 bits per heavy atom. The summed E-state index contributed by atoms with van der Waals surface area (Å²) in [5, 5.41) is 6.49. The highest BCUT2D eigenvalue weighted by molar-refractivity contribution is 5.44. The SMILES string of the molecule is CCNc1nc(NCCCN(C)C)nc(N2CCCC2)n1. The lowest BCUT2D eigenvalue weighted by Gasteiger charge is -2.17. The molecule has 0 bridgehead atoms. The Morgan fingerprint density at radius 1 is 1.05 bits per heavy atom. The van der Waals surface area contributed by atoms with Crippen LogP contribution in [0.4, 0.5) is 17.8 Å². The van der Waals surface area contributed by atoms with Crippen molar-refractivity contribution in [1.82, 2.24) is 19.9 Å². The van der Waals surface area contributed by atoms with E-state index in [4.69, 9.17) is 0 Å². The first-order valence-electron chi connectivity index (χ1n) is 7.82. The van der Waals surface area contributed by atoms with Gasteiger partial charge in [-0.05, 0) is 46.8 Å². The Hall–Kier alpha value is -1.63. The molecule has 0 aliphatic carbocycles. The maximum absolute atomic E-state index is 4.55. The van der Waals surface area contributed by atoms with Crippen LogP contribution in [0.15, 0.2) is 0 Å². The zero-order valence-electron chi connectivity index (χ0n) is 13.4. The molecule has 0 saturated carbocycles. The normalized spacial score (nSPS) is 14.8. The van der Waals surface area contributed by atoms with Gasteiger partial charge in [-0.3, -0.25) is 0 Å². The summed E-state index contributed by atoms with van der Waals surface area (Å²) in [6, 6.07) is 0. The molecule has 1 aliphatic rings. The minimum Gasteiger partial charge on any atom is -0.354 e. The summed E-state index contributed by atoms with van der Waals surface area (Å²) in [7, 11) is 4.16. The van der Waals surface area contributed by atoms with Crippen molar-refractivity contribution < 1.29 is 0 Å². The van der Waals surface area contributed by atoms with E-state index in [1.54, 1.807) is 0 Å². The van der Waals surface area contributed by atoms with Crippen LogP contribution in [-0.2, 0) is 0 Å². The Balaban J connectivity index is 2.00. The Kier molecular flexibility index (Phi) is 5.98. The monoisotopic (exact) mass is 293 g/mol. The molecule has 2 rings (SSSR count). The fourth-order valence-corrected chi connectivity index (χ4v) is 2.34. The van der Waals surface area contributed by atoms with Crippen LogP contribution in [-0.4, -0.2) is 66.7 Å². The molecule has 0 unspecified atom stereocenters. The number of nitrogens with zero attached hydrogens (tertiary/aromatic N) is 5. The highest BCUT2D eigenvalue weighted by Gasteiger charge is 2.17. The molecule has 0 atom stereocenters. The van der Waals surface area contributed by atoms with E-state index in [-0.39, 0.29) is 0 Å². The standard InChI is InChI=1S/C14H27N7/c1-4-15-12-17-13(16-8-7-9-20(2)3)19-14(18-12)21-10-5-6-11-21/h4-11H2,1-3H3,(H2,15,16,17,18,19). The van der Waals surface area contributed by atoms with Crippen molar-refractivity contribution in [3.63, 3.8) is 0 Å². The fraction of sp³-hybridized carbons (Fsp3) is 0.786. The van der Waals surface area contributed by atoms with Gasteiger partial charge >= 0.3 is 0 Å². The van der Waals surface area contributed by atoms with Crippen LogP contribution in [0.25, 0.3) is 0 Å². The molecule has 1 fully saturated rings. The van der Waals surface area contributed by atoms with E-state index in [0.29, 0.717) is 11.9 Å². The zero-order valence-corrected chi connectivity index (χ0v) is 13.4. The molecule has 0 amide bonds. The number of anilines is 3. The summed E-state index contributed by atoms with van der Waals surface area (Å²) in [4.78, 5) is 17.9. The summed E-state index contributed by atoms with van der Waals surface area (Å²) in [6.45, 7) is 6.85. The summed E-state index contributed by atoms with van der Waals surface area (Å²) < 4.78 is 0. The highest BCUT2D eigenvalue weighted by Crippen LogP contribution is 2.18. The fourth-order valence-electron chi connectivity index (χ4n) is 2.34. The van der Waals surface area contributed by atoms with Crippen LogP contribution in [0.1, 0.15) is 26.2 Å². The second-order valence-electron chi connectivity index (χ2n) is 5.59. The van der Waals surface area contributed by atoms with E-state index in [0.717, 1.165) is 45.1 Å². The zero-order chi connectivity index (χ0) is 15.1. The minimum absolute atomic E-state index is 0.657. The van der Waals surface area contributed by atoms with Gasteiger partial charge in [-0.15, -0.1) is 0 Å². The van der Waals surface area contributed by atoms with Gasteiger partial charge in [0, 0.05) is 26.2 Å². The molecule has 7 heteroatoms. The quantitative estimate of drug-likeness (QED) is 0.699. The molecule has 1 saturated heterocycles. The molecule has 0 radical (unpaired) electrons. The molecule has 118 valence electrons. The van der Waals surface area contributed by atoms with E-state index in [1.165, 1.54) is 12.8 Å². The number of aromatic nitrogens is 3. The molecular formula is C14H27N7. The molecule has 0 aromatic carbocycles. The van der Waals surface area contributed by atoms with E-state index in [2.05, 4.69) is 49.5 Å². The van der Waals surface area contributed by atoms with Crippen LogP contribution in [0, 0.1) is 0 Å². The van der Waals surface area contributed by atoms with Gasteiger partial charge in [0.25, 0.3) is 0 Å². The van der Waals surface area contributed by atoms with Crippen molar-refractivity contribution in [3.05, 3.63) is 0 Å². The predicted octanol–water partition coefficient (Wildman–Crippen LogP) is 1.27. The van der Waals surface area contributed by atoms with E-state index >= 15 is 0 Å². The number of rotatable bonds is 8. The molecule has 1 aromatic heterocycles. The second-order valence-corrected chi connectivity index (χ2v) is 5.59. The van der Waals surface area contributed by atoms with Gasteiger partial charge < -0.3 is 20.4 Å². The molecule has 2 N–H and O–H groups in total. The maximum Gasteiger partial charge on any atom is 0.231 e. The van der Waals surface area contributed by atoms with Crippen molar-refractivity contribution in [2.45, 2.75) is 26.2 Å². The van der Waals surface area contributed by atoms with Gasteiger partial charge in [0.15, 0.2) is 0 Å². The lowest BCUT2D eigenvalue weighted by Crippen LogP contribution is -2.23. The largest absolute Gasteiger partial charge is 0.354 e.